The standard InChI is InChI=1S/C10H22O3Si2/c1-9(2)10(11)12-8-15(6,7)13-14(3,4)5/h1,8H2,2-7H3. The number of ether oxygens (including phenoxy) is 1. The van der Waals surface area contributed by atoms with Crippen molar-refractivity contribution >= 4 is 22.6 Å². The first kappa shape index (κ1) is 14.6. The lowest BCUT2D eigenvalue weighted by molar-refractivity contribution is -0.137. The van der Waals surface area contributed by atoms with Gasteiger partial charge in [0.1, 0.15) is 6.23 Å². The average molecular weight is 246 g/mol. The smallest absolute Gasteiger partial charge is 0.332 e. The highest BCUT2D eigenvalue weighted by Gasteiger charge is 2.31. The second-order valence-electron chi connectivity index (χ2n) is 5.33. The molecule has 0 saturated heterocycles. The van der Waals surface area contributed by atoms with Crippen molar-refractivity contribution in [2.45, 2.75) is 39.7 Å². The summed E-state index contributed by atoms with van der Waals surface area (Å²) in [5.74, 6) is -0.324. The first-order valence-corrected chi connectivity index (χ1v) is 11.6. The first-order valence-electron chi connectivity index (χ1n) is 5.06. The van der Waals surface area contributed by atoms with E-state index in [0.29, 0.717) is 11.8 Å². The molecule has 0 atom stereocenters. The van der Waals surface area contributed by atoms with Gasteiger partial charge in [0.25, 0.3) is 0 Å². The van der Waals surface area contributed by atoms with Crippen LogP contribution >= 0.6 is 0 Å². The molecule has 0 spiro atoms. The first-order chi connectivity index (χ1) is 6.53. The zero-order valence-corrected chi connectivity index (χ0v) is 12.6. The summed E-state index contributed by atoms with van der Waals surface area (Å²) >= 11 is 0. The lowest BCUT2D eigenvalue weighted by atomic mass is 10.4. The van der Waals surface area contributed by atoms with E-state index in [2.05, 4.69) is 39.3 Å². The van der Waals surface area contributed by atoms with Crippen molar-refractivity contribution in [3.63, 3.8) is 0 Å². The maximum absolute atomic E-state index is 11.2. The van der Waals surface area contributed by atoms with Crippen molar-refractivity contribution in [3.05, 3.63) is 12.2 Å². The van der Waals surface area contributed by atoms with Crippen LogP contribution in [0.25, 0.3) is 0 Å². The number of carbonyl (C=O) groups is 1. The van der Waals surface area contributed by atoms with Crippen LogP contribution in [0.15, 0.2) is 12.2 Å². The summed E-state index contributed by atoms with van der Waals surface area (Å²) < 4.78 is 11.2. The fourth-order valence-corrected chi connectivity index (χ4v) is 8.57. The maximum atomic E-state index is 11.2. The Labute approximate surface area is 94.7 Å². The Morgan fingerprint density at radius 2 is 1.67 bits per heavy atom. The summed E-state index contributed by atoms with van der Waals surface area (Å²) in [7, 11) is -3.41. The van der Waals surface area contributed by atoms with Gasteiger partial charge < -0.3 is 8.85 Å². The van der Waals surface area contributed by atoms with Gasteiger partial charge in [-0.25, -0.2) is 4.79 Å². The monoisotopic (exact) mass is 246 g/mol. The molecular formula is C10H22O3Si2. The van der Waals surface area contributed by atoms with E-state index in [4.69, 9.17) is 8.85 Å². The molecule has 0 saturated carbocycles. The van der Waals surface area contributed by atoms with E-state index in [9.17, 15) is 4.79 Å². The number of esters is 1. The molecule has 0 radical (unpaired) electrons. The molecule has 0 N–H and O–H groups in total. The molecule has 0 aliphatic heterocycles. The van der Waals surface area contributed by atoms with Crippen LogP contribution in [0.1, 0.15) is 6.92 Å². The van der Waals surface area contributed by atoms with Crippen LogP contribution in [-0.4, -0.2) is 28.8 Å². The summed E-state index contributed by atoms with van der Waals surface area (Å²) in [5, 5.41) is 0. The number of hydrogen-bond acceptors (Lipinski definition) is 3. The summed E-state index contributed by atoms with van der Waals surface area (Å²) in [4.78, 5) is 11.2. The zero-order valence-electron chi connectivity index (χ0n) is 10.6. The molecule has 0 bridgehead atoms. The third-order valence-electron chi connectivity index (χ3n) is 1.48. The van der Waals surface area contributed by atoms with Gasteiger partial charge in [-0.15, -0.1) is 0 Å². The number of hydrogen-bond donors (Lipinski definition) is 0. The lowest BCUT2D eigenvalue weighted by Gasteiger charge is -2.30. The molecular weight excluding hydrogens is 224 g/mol. The summed E-state index contributed by atoms with van der Waals surface area (Å²) in [6, 6.07) is 0. The van der Waals surface area contributed by atoms with Crippen LogP contribution in [0.2, 0.25) is 32.7 Å². The second-order valence-corrected chi connectivity index (χ2v) is 14.2. The average Bonchev–Trinajstić information content (AvgIpc) is 1.95. The minimum atomic E-state index is -1.87. The Bertz CT molecular complexity index is 254. The minimum Gasteiger partial charge on any atom is -0.463 e. The highest BCUT2D eigenvalue weighted by molar-refractivity contribution is 6.84. The topological polar surface area (TPSA) is 35.5 Å². The van der Waals surface area contributed by atoms with E-state index in [1.54, 1.807) is 6.92 Å². The van der Waals surface area contributed by atoms with Gasteiger partial charge in [-0.1, -0.05) is 6.58 Å². The molecule has 0 amide bonds. The molecule has 3 nitrogen and oxygen atoms in total. The van der Waals surface area contributed by atoms with Crippen molar-refractivity contribution in [1.29, 1.82) is 0 Å². The van der Waals surface area contributed by atoms with Gasteiger partial charge in [0.2, 0.25) is 8.32 Å². The predicted molar refractivity (Wildman–Crippen MR) is 67.7 cm³/mol. The van der Waals surface area contributed by atoms with Gasteiger partial charge in [-0.3, -0.25) is 0 Å². The summed E-state index contributed by atoms with van der Waals surface area (Å²) in [5.41, 5.74) is 0.438. The Morgan fingerprint density at radius 1 is 1.20 bits per heavy atom. The summed E-state index contributed by atoms with van der Waals surface area (Å²) in [6.45, 7) is 15.7. The van der Waals surface area contributed by atoms with E-state index < -0.39 is 16.6 Å². The van der Waals surface area contributed by atoms with Gasteiger partial charge >= 0.3 is 5.97 Å². The highest BCUT2D eigenvalue weighted by Crippen LogP contribution is 2.14. The SMILES string of the molecule is C=C(C)C(=O)OC[Si](C)(C)O[Si](C)(C)C. The zero-order chi connectivity index (χ0) is 12.3. The second kappa shape index (κ2) is 5.09. The number of rotatable bonds is 5. The molecule has 0 aliphatic carbocycles. The molecule has 88 valence electrons. The fourth-order valence-electron chi connectivity index (χ4n) is 1.22. The van der Waals surface area contributed by atoms with Crippen LogP contribution in [0.4, 0.5) is 0 Å². The third-order valence-corrected chi connectivity index (χ3v) is 6.98. The molecule has 0 unspecified atom stereocenters. The van der Waals surface area contributed by atoms with Crippen molar-refractivity contribution in [2.75, 3.05) is 6.23 Å². The van der Waals surface area contributed by atoms with Gasteiger partial charge in [0.15, 0.2) is 8.32 Å². The van der Waals surface area contributed by atoms with Gasteiger partial charge in [0, 0.05) is 5.57 Å². The van der Waals surface area contributed by atoms with Crippen molar-refractivity contribution in [3.8, 4) is 0 Å². The van der Waals surface area contributed by atoms with Crippen molar-refractivity contribution < 1.29 is 13.6 Å². The molecule has 0 heterocycles. The van der Waals surface area contributed by atoms with Gasteiger partial charge in [-0.05, 0) is 39.7 Å². The van der Waals surface area contributed by atoms with E-state index in [1.807, 2.05) is 0 Å². The minimum absolute atomic E-state index is 0.324. The third kappa shape index (κ3) is 7.52. The molecule has 15 heavy (non-hydrogen) atoms. The van der Waals surface area contributed by atoms with Crippen molar-refractivity contribution in [1.82, 2.24) is 0 Å². The van der Waals surface area contributed by atoms with Crippen LogP contribution in [-0.2, 0) is 13.6 Å². The van der Waals surface area contributed by atoms with Crippen LogP contribution in [0, 0.1) is 0 Å². The molecule has 0 aromatic rings. The quantitative estimate of drug-likeness (QED) is 0.425. The van der Waals surface area contributed by atoms with Gasteiger partial charge in [-0.2, -0.15) is 0 Å². The lowest BCUT2D eigenvalue weighted by Crippen LogP contribution is -2.46. The van der Waals surface area contributed by atoms with Crippen LogP contribution in [0.3, 0.4) is 0 Å². The molecule has 0 aromatic heterocycles. The molecule has 0 aromatic carbocycles. The Morgan fingerprint density at radius 3 is 2.00 bits per heavy atom. The normalized spacial score (nSPS) is 12.4. The molecule has 0 fully saturated rings. The predicted octanol–water partition coefficient (Wildman–Crippen LogP) is 2.70. The number of carbonyl (C=O) groups excluding carboxylic acids is 1. The molecule has 0 aliphatic rings. The van der Waals surface area contributed by atoms with E-state index in [-0.39, 0.29) is 5.97 Å². The maximum Gasteiger partial charge on any atom is 0.332 e. The largest absolute Gasteiger partial charge is 0.463 e. The van der Waals surface area contributed by atoms with Crippen molar-refractivity contribution in [2.24, 2.45) is 0 Å². The Kier molecular flexibility index (Phi) is 4.96. The fraction of sp³-hybridized carbons (Fsp3) is 0.700. The van der Waals surface area contributed by atoms with E-state index in [0.717, 1.165) is 0 Å². The van der Waals surface area contributed by atoms with Gasteiger partial charge in [0.05, 0.1) is 0 Å². The Hall–Kier alpha value is -0.396. The molecule has 0 rings (SSSR count). The van der Waals surface area contributed by atoms with Crippen LogP contribution in [0.5, 0.6) is 0 Å². The van der Waals surface area contributed by atoms with E-state index in [1.165, 1.54) is 0 Å². The highest BCUT2D eigenvalue weighted by atomic mass is 28.4. The Balaban J connectivity index is 4.16. The van der Waals surface area contributed by atoms with Crippen LogP contribution < -0.4 is 0 Å². The summed E-state index contributed by atoms with van der Waals surface area (Å²) in [6.07, 6.45) is 0.406. The van der Waals surface area contributed by atoms with E-state index >= 15 is 0 Å². The molecule has 5 heteroatoms.